The highest BCUT2D eigenvalue weighted by atomic mass is 16.5. The summed E-state index contributed by atoms with van der Waals surface area (Å²) in [5.74, 6) is 2.41. The second kappa shape index (κ2) is 10.3. The summed E-state index contributed by atoms with van der Waals surface area (Å²) in [7, 11) is 1.43. The minimum atomic E-state index is -0.229. The van der Waals surface area contributed by atoms with Crippen LogP contribution in [0.5, 0.6) is 0 Å². The zero-order valence-electron chi connectivity index (χ0n) is 20.8. The number of anilines is 1. The number of fused-ring (bicyclic) bond motifs is 1. The molecule has 2 aromatic carbocycles. The first-order valence-corrected chi connectivity index (χ1v) is 12.2. The average molecular weight is 487 g/mol. The molecule has 1 N–H and O–H groups in total. The van der Waals surface area contributed by atoms with E-state index in [1.165, 1.54) is 12.7 Å². The molecule has 0 radical (unpaired) electrons. The van der Waals surface area contributed by atoms with Crippen molar-refractivity contribution >= 4 is 11.8 Å². The van der Waals surface area contributed by atoms with Gasteiger partial charge in [-0.25, -0.2) is 4.98 Å². The van der Waals surface area contributed by atoms with E-state index in [0.717, 1.165) is 47.0 Å². The number of nitrogens with one attached hydrogen (secondary N) is 1. The van der Waals surface area contributed by atoms with Crippen LogP contribution in [0.3, 0.4) is 0 Å². The summed E-state index contributed by atoms with van der Waals surface area (Å²) in [6, 6.07) is 16.6. The van der Waals surface area contributed by atoms with Crippen LogP contribution in [-0.4, -0.2) is 67.9 Å². The summed E-state index contributed by atoms with van der Waals surface area (Å²) in [5, 5.41) is 14.5. The van der Waals surface area contributed by atoms with Crippen LogP contribution in [0.4, 0.5) is 5.82 Å². The molecule has 0 bridgehead atoms. The van der Waals surface area contributed by atoms with Gasteiger partial charge in [-0.1, -0.05) is 55.5 Å². The number of hydrogen-bond donors (Lipinski definition) is 1. The number of aromatic nitrogens is 6. The lowest BCUT2D eigenvalue weighted by atomic mass is 9.98. The first kappa shape index (κ1) is 23.7. The average Bonchev–Trinajstić information content (AvgIpc) is 3.57. The minimum Gasteiger partial charge on any atom is -0.468 e. The molecule has 2 aromatic heterocycles. The Morgan fingerprint density at radius 2 is 1.86 bits per heavy atom. The topological polar surface area (TPSA) is 105 Å². The fourth-order valence-electron chi connectivity index (χ4n) is 4.74. The van der Waals surface area contributed by atoms with Crippen LogP contribution in [0.2, 0.25) is 0 Å². The molecule has 0 saturated carbocycles. The second-order valence-electron chi connectivity index (χ2n) is 8.78. The number of hydrogen-bond acceptors (Lipinski definition) is 8. The number of aryl methyl sites for hydroxylation is 1. The number of esters is 1. The predicted molar refractivity (Wildman–Crippen MR) is 136 cm³/mol. The van der Waals surface area contributed by atoms with Crippen LogP contribution < -0.4 is 4.90 Å². The van der Waals surface area contributed by atoms with Gasteiger partial charge in [-0.05, 0) is 28.8 Å². The molecule has 186 valence electrons. The van der Waals surface area contributed by atoms with Crippen LogP contribution in [0.25, 0.3) is 22.5 Å². The lowest BCUT2D eigenvalue weighted by Crippen LogP contribution is -2.45. The largest absolute Gasteiger partial charge is 0.468 e. The summed E-state index contributed by atoms with van der Waals surface area (Å²) < 4.78 is 7.20. The van der Waals surface area contributed by atoms with E-state index in [0.29, 0.717) is 25.6 Å². The van der Waals surface area contributed by atoms with Gasteiger partial charge in [-0.2, -0.15) is 5.21 Å². The lowest BCUT2D eigenvalue weighted by Gasteiger charge is -2.35. The molecule has 10 nitrogen and oxygen atoms in total. The van der Waals surface area contributed by atoms with Gasteiger partial charge in [-0.15, -0.1) is 10.2 Å². The van der Waals surface area contributed by atoms with Gasteiger partial charge in [-0.3, -0.25) is 9.69 Å². The number of carbonyl (C=O) groups excluding carboxylic acids is 1. The second-order valence-corrected chi connectivity index (χ2v) is 8.78. The number of aromatic amines is 1. The van der Waals surface area contributed by atoms with Crippen LogP contribution in [-0.2, 0) is 29.0 Å². The fraction of sp³-hybridized carbons (Fsp3) is 0.346. The molecule has 0 fully saturated rings. The Morgan fingerprint density at radius 3 is 2.53 bits per heavy atom. The maximum absolute atomic E-state index is 12.0. The number of nitrogens with zero attached hydrogens (tertiary/aromatic N) is 7. The Bertz CT molecular complexity index is 1330. The zero-order chi connectivity index (χ0) is 25.1. The van der Waals surface area contributed by atoms with Crippen molar-refractivity contribution in [1.29, 1.82) is 0 Å². The summed E-state index contributed by atoms with van der Waals surface area (Å²) in [5.41, 5.74) is 5.39. The van der Waals surface area contributed by atoms with E-state index in [-0.39, 0.29) is 12.5 Å². The quantitative estimate of drug-likeness (QED) is 0.379. The van der Waals surface area contributed by atoms with Gasteiger partial charge in [0.05, 0.1) is 26.0 Å². The Hall–Kier alpha value is -4.05. The van der Waals surface area contributed by atoms with Crippen LogP contribution >= 0.6 is 0 Å². The smallest absolute Gasteiger partial charge is 0.319 e. The molecule has 0 unspecified atom stereocenters. The van der Waals surface area contributed by atoms with Gasteiger partial charge in [0, 0.05) is 31.6 Å². The van der Waals surface area contributed by atoms with Crippen molar-refractivity contribution in [2.75, 3.05) is 31.8 Å². The van der Waals surface area contributed by atoms with Crippen molar-refractivity contribution in [3.8, 4) is 22.5 Å². The molecule has 36 heavy (non-hydrogen) atoms. The lowest BCUT2D eigenvalue weighted by molar-refractivity contribution is -0.142. The first-order valence-electron chi connectivity index (χ1n) is 12.2. The van der Waals surface area contributed by atoms with Crippen molar-refractivity contribution < 1.29 is 9.53 Å². The Kier molecular flexibility index (Phi) is 6.77. The number of methoxy groups -OCH3 is 1. The number of carbonyl (C=O) groups is 1. The summed E-state index contributed by atoms with van der Waals surface area (Å²) in [6.07, 6.45) is 0.831. The zero-order valence-corrected chi connectivity index (χ0v) is 20.8. The number of ether oxygens (including phenoxy) is 1. The van der Waals surface area contributed by atoms with Gasteiger partial charge in [0.2, 0.25) is 5.82 Å². The molecular weight excluding hydrogens is 456 g/mol. The van der Waals surface area contributed by atoms with Gasteiger partial charge < -0.3 is 14.2 Å². The third kappa shape index (κ3) is 4.59. The van der Waals surface area contributed by atoms with Crippen molar-refractivity contribution in [3.63, 3.8) is 0 Å². The number of H-pyrrole nitrogens is 1. The van der Waals surface area contributed by atoms with Gasteiger partial charge >= 0.3 is 5.97 Å². The maximum atomic E-state index is 12.0. The molecule has 10 heteroatoms. The van der Waals surface area contributed by atoms with E-state index < -0.39 is 0 Å². The van der Waals surface area contributed by atoms with Gasteiger partial charge in [0.15, 0.2) is 5.82 Å². The highest BCUT2D eigenvalue weighted by molar-refractivity contribution is 5.80. The molecule has 0 spiro atoms. The minimum absolute atomic E-state index is 0.229. The van der Waals surface area contributed by atoms with E-state index in [1.807, 2.05) is 18.2 Å². The summed E-state index contributed by atoms with van der Waals surface area (Å²) in [6.45, 7) is 7.35. The number of rotatable bonds is 8. The van der Waals surface area contributed by atoms with Crippen molar-refractivity contribution in [2.45, 2.75) is 33.4 Å². The number of benzene rings is 2. The van der Waals surface area contributed by atoms with E-state index in [4.69, 9.17) is 9.72 Å². The van der Waals surface area contributed by atoms with Crippen molar-refractivity contribution in [2.24, 2.45) is 0 Å². The molecule has 1 aliphatic rings. The molecule has 4 aromatic rings. The van der Waals surface area contributed by atoms with E-state index in [9.17, 15) is 4.79 Å². The van der Waals surface area contributed by atoms with Crippen molar-refractivity contribution in [3.05, 3.63) is 65.6 Å². The van der Waals surface area contributed by atoms with Crippen LogP contribution in [0, 0.1) is 0 Å². The predicted octanol–water partition coefficient (Wildman–Crippen LogP) is 3.11. The normalized spacial score (nSPS) is 13.6. The van der Waals surface area contributed by atoms with Crippen LogP contribution in [0.15, 0.2) is 48.5 Å². The van der Waals surface area contributed by atoms with E-state index in [1.54, 1.807) is 0 Å². The van der Waals surface area contributed by atoms with E-state index in [2.05, 4.69) is 79.2 Å². The molecule has 3 heterocycles. The Morgan fingerprint density at radius 1 is 1.08 bits per heavy atom. The summed E-state index contributed by atoms with van der Waals surface area (Å²) >= 11 is 0. The SMILES string of the molecule is CCc1nc2c(n1Cc1ccc(-c3ccccc3-c3nn[nH]n3)cc1)CN(CC(=O)OC)CN2CC. The molecule has 0 atom stereocenters. The maximum Gasteiger partial charge on any atom is 0.319 e. The Labute approximate surface area is 209 Å². The molecule has 1 aliphatic heterocycles. The Balaban J connectivity index is 1.43. The van der Waals surface area contributed by atoms with Crippen molar-refractivity contribution in [1.82, 2.24) is 35.1 Å². The highest BCUT2D eigenvalue weighted by Gasteiger charge is 2.29. The third-order valence-corrected chi connectivity index (χ3v) is 6.57. The van der Waals surface area contributed by atoms with Crippen LogP contribution in [0.1, 0.15) is 30.9 Å². The molecular formula is C26H30N8O2. The molecule has 0 amide bonds. The molecule has 0 saturated heterocycles. The standard InChI is InChI=1S/C26H30N8O2/c1-4-23-27-26-22(15-32(16-24(35)36-3)17-33(26)5-2)34(23)14-18-10-12-19(13-11-18)20-8-6-7-9-21(20)25-28-30-31-29-25/h6-13H,4-5,14-17H2,1-3H3,(H,28,29,30,31). The van der Waals surface area contributed by atoms with Gasteiger partial charge in [0.1, 0.15) is 5.82 Å². The number of tetrazole rings is 1. The monoisotopic (exact) mass is 486 g/mol. The molecule has 0 aliphatic carbocycles. The fourth-order valence-corrected chi connectivity index (χ4v) is 4.74. The highest BCUT2D eigenvalue weighted by Crippen LogP contribution is 2.31. The summed E-state index contributed by atoms with van der Waals surface area (Å²) in [4.78, 5) is 21.3. The third-order valence-electron chi connectivity index (χ3n) is 6.57. The number of imidazole rings is 1. The first-order chi connectivity index (χ1) is 17.6. The molecule has 5 rings (SSSR count). The van der Waals surface area contributed by atoms with E-state index >= 15 is 0 Å². The van der Waals surface area contributed by atoms with Gasteiger partial charge in [0.25, 0.3) is 0 Å².